The Hall–Kier alpha value is -1.92. The molecule has 0 aliphatic carbocycles. The van der Waals surface area contributed by atoms with Crippen LogP contribution in [-0.2, 0) is 9.53 Å². The summed E-state index contributed by atoms with van der Waals surface area (Å²) >= 11 is 0. The van der Waals surface area contributed by atoms with Gasteiger partial charge in [-0.25, -0.2) is 0 Å². The summed E-state index contributed by atoms with van der Waals surface area (Å²) in [5.74, 6) is -1.12. The lowest BCUT2D eigenvalue weighted by Crippen LogP contribution is -2.22. The third-order valence-electron chi connectivity index (χ3n) is 2.95. The van der Waals surface area contributed by atoms with Crippen molar-refractivity contribution in [2.24, 2.45) is 0 Å². The van der Waals surface area contributed by atoms with Gasteiger partial charge in [-0.2, -0.15) is 0 Å². The number of carbonyl (C=O) groups excluding carboxylic acids is 2. The molecule has 1 aromatic rings. The van der Waals surface area contributed by atoms with Gasteiger partial charge in [-0.05, 0) is 17.7 Å². The van der Waals surface area contributed by atoms with Gasteiger partial charge in [0.05, 0.1) is 25.2 Å². The molecule has 2 unspecified atom stereocenters. The van der Waals surface area contributed by atoms with Gasteiger partial charge >= 0.3 is 5.97 Å². The van der Waals surface area contributed by atoms with Crippen LogP contribution in [0.25, 0.3) is 0 Å². The molecule has 0 aromatic heterocycles. The van der Waals surface area contributed by atoms with E-state index >= 15 is 0 Å². The van der Waals surface area contributed by atoms with Crippen LogP contribution in [0.15, 0.2) is 18.2 Å². The molecule has 20 heavy (non-hydrogen) atoms. The van der Waals surface area contributed by atoms with E-state index < -0.39 is 18.2 Å². The molecule has 2 atom stereocenters. The van der Waals surface area contributed by atoms with E-state index in [1.165, 1.54) is 25.3 Å². The molecule has 6 nitrogen and oxygen atoms in total. The van der Waals surface area contributed by atoms with Crippen LogP contribution in [0, 0.1) is 0 Å². The van der Waals surface area contributed by atoms with Gasteiger partial charge in [-0.1, -0.05) is 13.0 Å². The second-order valence-electron chi connectivity index (χ2n) is 4.35. The number of phenolic OH excluding ortho intramolecular Hbond substituents is 1. The Morgan fingerprint density at radius 1 is 1.30 bits per heavy atom. The molecular formula is C14H18O6. The molecule has 0 saturated heterocycles. The molecule has 0 radical (unpaired) electrons. The number of Topliss-reactive ketones (excluding diaryl/α,β-unsaturated/α-hetero) is 1. The lowest BCUT2D eigenvalue weighted by molar-refractivity contribution is -0.144. The fourth-order valence-corrected chi connectivity index (χ4v) is 1.74. The van der Waals surface area contributed by atoms with Crippen molar-refractivity contribution < 1.29 is 29.6 Å². The van der Waals surface area contributed by atoms with Crippen LogP contribution in [0.4, 0.5) is 0 Å². The molecule has 6 heteroatoms. The van der Waals surface area contributed by atoms with Gasteiger partial charge in [0.15, 0.2) is 5.78 Å². The molecule has 1 rings (SSSR count). The zero-order valence-corrected chi connectivity index (χ0v) is 11.4. The zero-order chi connectivity index (χ0) is 15.3. The zero-order valence-electron chi connectivity index (χ0n) is 11.4. The number of esters is 1. The van der Waals surface area contributed by atoms with Gasteiger partial charge in [0.1, 0.15) is 11.9 Å². The summed E-state index contributed by atoms with van der Waals surface area (Å²) in [6.07, 6.45) is -2.86. The molecule has 0 aliphatic rings. The van der Waals surface area contributed by atoms with Crippen LogP contribution in [0.5, 0.6) is 5.75 Å². The smallest absolute Gasteiger partial charge is 0.308 e. The van der Waals surface area contributed by atoms with Crippen molar-refractivity contribution >= 4 is 11.8 Å². The second-order valence-corrected chi connectivity index (χ2v) is 4.35. The summed E-state index contributed by atoms with van der Waals surface area (Å²) in [5, 5.41) is 29.3. The summed E-state index contributed by atoms with van der Waals surface area (Å²) in [4.78, 5) is 22.7. The van der Waals surface area contributed by atoms with Crippen LogP contribution in [0.2, 0.25) is 0 Å². The average molecular weight is 282 g/mol. The summed E-state index contributed by atoms with van der Waals surface area (Å²) in [5.41, 5.74) is 0.324. The highest BCUT2D eigenvalue weighted by molar-refractivity contribution is 5.98. The number of methoxy groups -OCH3 is 1. The second kappa shape index (κ2) is 7.02. The first-order valence-electron chi connectivity index (χ1n) is 6.19. The molecule has 0 spiro atoms. The van der Waals surface area contributed by atoms with E-state index in [4.69, 9.17) is 0 Å². The van der Waals surface area contributed by atoms with E-state index in [2.05, 4.69) is 4.74 Å². The number of hydrogen-bond acceptors (Lipinski definition) is 6. The lowest BCUT2D eigenvalue weighted by atomic mass is 9.97. The van der Waals surface area contributed by atoms with Crippen molar-refractivity contribution in [1.82, 2.24) is 0 Å². The molecule has 0 saturated carbocycles. The van der Waals surface area contributed by atoms with Crippen molar-refractivity contribution in [3.05, 3.63) is 29.3 Å². The van der Waals surface area contributed by atoms with Gasteiger partial charge in [0.2, 0.25) is 0 Å². The van der Waals surface area contributed by atoms with Gasteiger partial charge in [0, 0.05) is 6.42 Å². The Labute approximate surface area is 116 Å². The van der Waals surface area contributed by atoms with Crippen LogP contribution >= 0.6 is 0 Å². The number of hydrogen-bond donors (Lipinski definition) is 3. The minimum atomic E-state index is -1.35. The van der Waals surface area contributed by atoms with Crippen molar-refractivity contribution in [3.63, 3.8) is 0 Å². The van der Waals surface area contributed by atoms with Gasteiger partial charge in [-0.3, -0.25) is 9.59 Å². The molecule has 0 aliphatic heterocycles. The fraction of sp³-hybridized carbons (Fsp3) is 0.429. The lowest BCUT2D eigenvalue weighted by Gasteiger charge is -2.18. The van der Waals surface area contributed by atoms with Crippen molar-refractivity contribution in [2.75, 3.05) is 7.11 Å². The predicted octanol–water partition coefficient (Wildman–Crippen LogP) is 0.942. The van der Waals surface area contributed by atoms with Gasteiger partial charge in [-0.15, -0.1) is 0 Å². The van der Waals surface area contributed by atoms with E-state index in [9.17, 15) is 24.9 Å². The average Bonchev–Trinajstić information content (AvgIpc) is 2.45. The van der Waals surface area contributed by atoms with E-state index in [0.717, 1.165) is 0 Å². The molecule has 0 bridgehead atoms. The van der Waals surface area contributed by atoms with E-state index in [-0.39, 0.29) is 35.5 Å². The Balaban J connectivity index is 2.96. The van der Waals surface area contributed by atoms with Crippen molar-refractivity contribution in [3.8, 4) is 5.75 Å². The summed E-state index contributed by atoms with van der Waals surface area (Å²) < 4.78 is 4.40. The first-order valence-corrected chi connectivity index (χ1v) is 6.19. The topological polar surface area (TPSA) is 104 Å². The quantitative estimate of drug-likeness (QED) is 0.530. The Morgan fingerprint density at radius 3 is 2.50 bits per heavy atom. The summed E-state index contributed by atoms with van der Waals surface area (Å²) in [7, 11) is 1.18. The number of aromatic hydroxyl groups is 1. The van der Waals surface area contributed by atoms with E-state index in [1.807, 2.05) is 0 Å². The number of rotatable bonds is 6. The van der Waals surface area contributed by atoms with Crippen molar-refractivity contribution in [2.45, 2.75) is 32.0 Å². The molecule has 1 aromatic carbocycles. The fourth-order valence-electron chi connectivity index (χ4n) is 1.74. The van der Waals surface area contributed by atoms with E-state index in [0.29, 0.717) is 0 Å². The first kappa shape index (κ1) is 16.1. The van der Waals surface area contributed by atoms with Gasteiger partial charge < -0.3 is 20.1 Å². The largest absolute Gasteiger partial charge is 0.507 e. The number of ketones is 1. The maximum Gasteiger partial charge on any atom is 0.308 e. The first-order chi connectivity index (χ1) is 9.40. The van der Waals surface area contributed by atoms with Crippen LogP contribution < -0.4 is 0 Å². The number of benzene rings is 1. The number of aliphatic hydroxyl groups is 2. The third-order valence-corrected chi connectivity index (χ3v) is 2.95. The van der Waals surface area contributed by atoms with E-state index in [1.54, 1.807) is 6.92 Å². The molecule has 0 fully saturated rings. The van der Waals surface area contributed by atoms with Crippen LogP contribution in [0.1, 0.15) is 41.8 Å². The van der Waals surface area contributed by atoms with Crippen LogP contribution in [0.3, 0.4) is 0 Å². The number of carbonyl (C=O) groups is 2. The summed E-state index contributed by atoms with van der Waals surface area (Å²) in [6, 6.07) is 3.96. The van der Waals surface area contributed by atoms with Crippen molar-refractivity contribution in [1.29, 1.82) is 0 Å². The Kier molecular flexibility index (Phi) is 5.66. The predicted molar refractivity (Wildman–Crippen MR) is 70.3 cm³/mol. The highest BCUT2D eigenvalue weighted by atomic mass is 16.5. The minimum absolute atomic E-state index is 0.0781. The number of phenols is 1. The molecule has 0 amide bonds. The standard InChI is InChI=1S/C14H18O6/c1-3-10(15)9-6-8(4-5-11(9)16)14(19)12(17)7-13(18)20-2/h4-6,12,14,16-17,19H,3,7H2,1-2H3. The normalized spacial score (nSPS) is 13.6. The monoisotopic (exact) mass is 282 g/mol. The summed E-state index contributed by atoms with van der Waals surface area (Å²) in [6.45, 7) is 1.65. The molecular weight excluding hydrogens is 264 g/mol. The van der Waals surface area contributed by atoms with Gasteiger partial charge in [0.25, 0.3) is 0 Å². The highest BCUT2D eigenvalue weighted by Crippen LogP contribution is 2.26. The Bertz CT molecular complexity index is 496. The third kappa shape index (κ3) is 3.79. The highest BCUT2D eigenvalue weighted by Gasteiger charge is 2.23. The maximum absolute atomic E-state index is 11.6. The molecule has 0 heterocycles. The number of ether oxygens (including phenoxy) is 1. The Morgan fingerprint density at radius 2 is 1.95 bits per heavy atom. The molecule has 110 valence electrons. The number of aliphatic hydroxyl groups excluding tert-OH is 2. The SMILES string of the molecule is CCC(=O)c1cc(C(O)C(O)CC(=O)OC)ccc1O. The minimum Gasteiger partial charge on any atom is -0.507 e. The molecule has 3 N–H and O–H groups in total. The van der Waals surface area contributed by atoms with Crippen LogP contribution in [-0.4, -0.2) is 40.3 Å². The maximum atomic E-state index is 11.6.